The van der Waals surface area contributed by atoms with Gasteiger partial charge in [-0.25, -0.2) is 0 Å². The minimum atomic E-state index is -2.55. The van der Waals surface area contributed by atoms with Gasteiger partial charge in [-0.05, 0) is 18.4 Å². The monoisotopic (exact) mass is 303 g/mol. The summed E-state index contributed by atoms with van der Waals surface area (Å²) < 4.78 is 16.1. The van der Waals surface area contributed by atoms with Crippen molar-refractivity contribution in [2.75, 3.05) is 21.3 Å². The lowest BCUT2D eigenvalue weighted by molar-refractivity contribution is 0.122. The van der Waals surface area contributed by atoms with Crippen molar-refractivity contribution in [2.45, 2.75) is 64.0 Å². The van der Waals surface area contributed by atoms with Gasteiger partial charge in [0.1, 0.15) is 0 Å². The molecule has 0 radical (unpaired) electrons. The first kappa shape index (κ1) is 19.4. The van der Waals surface area contributed by atoms with Gasteiger partial charge in [-0.15, -0.1) is 0 Å². The van der Waals surface area contributed by atoms with E-state index in [2.05, 4.69) is 16.9 Å². The molecule has 1 atom stereocenters. The zero-order valence-corrected chi connectivity index (χ0v) is 14.3. The molecule has 0 aliphatic carbocycles. The molecule has 0 fully saturated rings. The van der Waals surface area contributed by atoms with Crippen LogP contribution in [0.3, 0.4) is 0 Å². The maximum absolute atomic E-state index is 8.65. The number of azide groups is 1. The second kappa shape index (κ2) is 12.2. The summed E-state index contributed by atoms with van der Waals surface area (Å²) in [7, 11) is 2.26. The fraction of sp³-hybridized carbons (Fsp3) is 1.00. The fourth-order valence-corrected chi connectivity index (χ4v) is 4.02. The van der Waals surface area contributed by atoms with Crippen LogP contribution in [0.1, 0.15) is 51.9 Å². The smallest absolute Gasteiger partial charge is 0.377 e. The van der Waals surface area contributed by atoms with Gasteiger partial charge >= 0.3 is 8.80 Å². The molecule has 118 valence electrons. The van der Waals surface area contributed by atoms with Crippen molar-refractivity contribution in [3.63, 3.8) is 0 Å². The van der Waals surface area contributed by atoms with E-state index in [1.54, 1.807) is 21.3 Å². The molecule has 6 nitrogen and oxygen atoms in total. The van der Waals surface area contributed by atoms with E-state index in [1.165, 1.54) is 25.7 Å². The number of hydrogen-bond donors (Lipinski definition) is 0. The van der Waals surface area contributed by atoms with Crippen LogP contribution < -0.4 is 0 Å². The molecule has 0 bridgehead atoms. The van der Waals surface area contributed by atoms with E-state index in [0.717, 1.165) is 19.3 Å². The highest BCUT2D eigenvalue weighted by Crippen LogP contribution is 2.21. The lowest BCUT2D eigenvalue weighted by Gasteiger charge is -2.25. The lowest BCUT2D eigenvalue weighted by Crippen LogP contribution is -2.43. The quantitative estimate of drug-likeness (QED) is 0.167. The van der Waals surface area contributed by atoms with Crippen molar-refractivity contribution in [3.05, 3.63) is 10.4 Å². The van der Waals surface area contributed by atoms with Gasteiger partial charge in [0.25, 0.3) is 0 Å². The van der Waals surface area contributed by atoms with Crippen molar-refractivity contribution >= 4 is 8.80 Å². The Morgan fingerprint density at radius 2 is 1.60 bits per heavy atom. The average molecular weight is 303 g/mol. The van der Waals surface area contributed by atoms with Crippen LogP contribution in [0.4, 0.5) is 0 Å². The van der Waals surface area contributed by atoms with Crippen molar-refractivity contribution in [2.24, 2.45) is 5.11 Å². The van der Waals surface area contributed by atoms with E-state index in [-0.39, 0.29) is 6.04 Å². The number of unbranched alkanes of at least 4 members (excludes halogenated alkanes) is 4. The topological polar surface area (TPSA) is 76.5 Å². The Bertz CT molecular complexity index is 274. The molecule has 0 rings (SSSR count). The average Bonchev–Trinajstić information content (AvgIpc) is 2.48. The van der Waals surface area contributed by atoms with Crippen LogP contribution in [0.25, 0.3) is 10.4 Å². The Labute approximate surface area is 123 Å². The minimum absolute atomic E-state index is 0.00829. The summed E-state index contributed by atoms with van der Waals surface area (Å²) in [6, 6.07) is 0.684. The van der Waals surface area contributed by atoms with E-state index in [4.69, 9.17) is 18.8 Å². The number of rotatable bonds is 13. The second-order valence-corrected chi connectivity index (χ2v) is 7.99. The van der Waals surface area contributed by atoms with Crippen LogP contribution in [-0.2, 0) is 13.3 Å². The summed E-state index contributed by atoms with van der Waals surface area (Å²) in [4.78, 5) is 2.95. The van der Waals surface area contributed by atoms with Crippen LogP contribution in [-0.4, -0.2) is 36.2 Å². The molecule has 0 N–H and O–H groups in total. The highest BCUT2D eigenvalue weighted by Gasteiger charge is 2.37. The van der Waals surface area contributed by atoms with Gasteiger partial charge in [0.2, 0.25) is 0 Å². The maximum atomic E-state index is 8.65. The molecule has 1 unspecified atom stereocenters. The minimum Gasteiger partial charge on any atom is -0.377 e. The Kier molecular flexibility index (Phi) is 11.8. The summed E-state index contributed by atoms with van der Waals surface area (Å²) in [5.41, 5.74) is 8.65. The van der Waals surface area contributed by atoms with E-state index in [9.17, 15) is 0 Å². The Morgan fingerprint density at radius 1 is 1.00 bits per heavy atom. The molecule has 0 aromatic rings. The normalized spacial score (nSPS) is 13.0. The molecule has 0 aromatic heterocycles. The molecule has 0 aliphatic rings. The predicted molar refractivity (Wildman–Crippen MR) is 82.5 cm³/mol. The van der Waals surface area contributed by atoms with Gasteiger partial charge in [0, 0.05) is 38.3 Å². The van der Waals surface area contributed by atoms with E-state index in [1.807, 2.05) is 0 Å². The first-order valence-corrected chi connectivity index (χ1v) is 9.30. The SMILES string of the molecule is CCCCCCCC(CC[Si](OC)(OC)OC)N=[N+]=[N-]. The van der Waals surface area contributed by atoms with Gasteiger partial charge in [-0.1, -0.05) is 44.1 Å². The first-order valence-electron chi connectivity index (χ1n) is 7.37. The van der Waals surface area contributed by atoms with Crippen molar-refractivity contribution in [1.29, 1.82) is 0 Å². The molecule has 0 saturated carbocycles. The maximum Gasteiger partial charge on any atom is 0.500 e. The fourth-order valence-electron chi connectivity index (χ4n) is 2.22. The molecular formula is C13H29N3O3Si. The molecule has 0 aliphatic heterocycles. The highest BCUT2D eigenvalue weighted by atomic mass is 28.4. The molecule has 0 spiro atoms. The van der Waals surface area contributed by atoms with Crippen LogP contribution in [0.2, 0.25) is 6.04 Å². The third-order valence-electron chi connectivity index (χ3n) is 3.57. The largest absolute Gasteiger partial charge is 0.500 e. The molecule has 20 heavy (non-hydrogen) atoms. The van der Waals surface area contributed by atoms with E-state index < -0.39 is 8.80 Å². The van der Waals surface area contributed by atoms with Crippen molar-refractivity contribution in [1.82, 2.24) is 0 Å². The van der Waals surface area contributed by atoms with Crippen molar-refractivity contribution < 1.29 is 13.3 Å². The lowest BCUT2D eigenvalue weighted by atomic mass is 10.1. The zero-order chi connectivity index (χ0) is 15.3. The van der Waals surface area contributed by atoms with Crippen LogP contribution in [0.15, 0.2) is 5.11 Å². The van der Waals surface area contributed by atoms with E-state index >= 15 is 0 Å². The standard InChI is InChI=1S/C13H29N3O3Si/c1-5-6-7-8-9-10-13(15-16-14)11-12-20(17-2,18-3)19-4/h13H,5-12H2,1-4H3. The summed E-state index contributed by atoms with van der Waals surface area (Å²) in [5, 5.41) is 3.88. The van der Waals surface area contributed by atoms with Crippen LogP contribution in [0, 0.1) is 0 Å². The highest BCUT2D eigenvalue weighted by molar-refractivity contribution is 6.60. The Morgan fingerprint density at radius 3 is 2.10 bits per heavy atom. The predicted octanol–water partition coefficient (Wildman–Crippen LogP) is 4.29. The summed E-state index contributed by atoms with van der Waals surface area (Å²) in [6.45, 7) is 2.20. The van der Waals surface area contributed by atoms with Gasteiger partial charge in [0.05, 0.1) is 0 Å². The Balaban J connectivity index is 4.16. The summed E-state index contributed by atoms with van der Waals surface area (Å²) in [6.07, 6.45) is 7.75. The van der Waals surface area contributed by atoms with Gasteiger partial charge < -0.3 is 13.3 Å². The Hall–Kier alpha value is -0.593. The molecule has 0 saturated heterocycles. The zero-order valence-electron chi connectivity index (χ0n) is 13.3. The molecular weight excluding hydrogens is 274 g/mol. The number of nitrogens with zero attached hydrogens (tertiary/aromatic N) is 3. The van der Waals surface area contributed by atoms with Crippen LogP contribution >= 0.6 is 0 Å². The molecule has 7 heteroatoms. The third-order valence-corrected chi connectivity index (χ3v) is 6.34. The third kappa shape index (κ3) is 7.87. The molecule has 0 heterocycles. The van der Waals surface area contributed by atoms with Gasteiger partial charge in [-0.2, -0.15) is 0 Å². The number of hydrogen-bond acceptors (Lipinski definition) is 4. The molecule has 0 amide bonds. The summed E-state index contributed by atoms with van der Waals surface area (Å²) in [5.74, 6) is 0. The summed E-state index contributed by atoms with van der Waals surface area (Å²) >= 11 is 0. The second-order valence-electron chi connectivity index (χ2n) is 4.90. The van der Waals surface area contributed by atoms with Crippen molar-refractivity contribution in [3.8, 4) is 0 Å². The first-order chi connectivity index (χ1) is 9.67. The molecule has 0 aromatic carbocycles. The van der Waals surface area contributed by atoms with E-state index in [0.29, 0.717) is 6.04 Å². The van der Waals surface area contributed by atoms with Gasteiger partial charge in [-0.3, -0.25) is 0 Å². The van der Waals surface area contributed by atoms with Gasteiger partial charge in [0.15, 0.2) is 0 Å². The van der Waals surface area contributed by atoms with Crippen LogP contribution in [0.5, 0.6) is 0 Å².